The Labute approximate surface area is 69.0 Å². The lowest BCUT2D eigenvalue weighted by molar-refractivity contribution is 1.14. The molecule has 0 aromatic carbocycles. The van der Waals surface area contributed by atoms with Crippen LogP contribution in [0.1, 0.15) is 5.69 Å². The fraction of sp³-hybridized carbons (Fsp3) is 0.500. The van der Waals surface area contributed by atoms with Crippen LogP contribution in [0.4, 0.5) is 0 Å². The zero-order valence-electron chi connectivity index (χ0n) is 5.62. The zero-order chi connectivity index (χ0) is 7.23. The monoisotopic (exact) mass is 174 g/mol. The Balaban J connectivity index is 2.15. The van der Waals surface area contributed by atoms with Gasteiger partial charge >= 0.3 is 0 Å². The van der Waals surface area contributed by atoms with E-state index in [0.717, 1.165) is 18.1 Å². The van der Waals surface area contributed by atoms with Gasteiger partial charge in [-0.3, -0.25) is 0 Å². The molecule has 0 radical (unpaired) electrons. The molecule has 56 valence electrons. The van der Waals surface area contributed by atoms with Crippen LogP contribution in [-0.2, 0) is 5.75 Å². The molecule has 0 aliphatic heterocycles. The number of hydrogen-bond acceptors (Lipinski definition) is 4. The lowest BCUT2D eigenvalue weighted by Gasteiger charge is -1.93. The van der Waals surface area contributed by atoms with E-state index in [1.807, 2.05) is 23.2 Å². The second-order valence-electron chi connectivity index (χ2n) is 1.83. The fourth-order valence-electron chi connectivity index (χ4n) is 0.572. The van der Waals surface area contributed by atoms with E-state index in [0.29, 0.717) is 0 Å². The fourth-order valence-corrected chi connectivity index (χ4v) is 1.87. The summed E-state index contributed by atoms with van der Waals surface area (Å²) in [4.78, 5) is 0. The third kappa shape index (κ3) is 2.68. The molecule has 0 bridgehead atoms. The van der Waals surface area contributed by atoms with Crippen molar-refractivity contribution in [3.63, 3.8) is 0 Å². The average Bonchev–Trinajstić information content (AvgIpc) is 2.41. The third-order valence-corrected chi connectivity index (χ3v) is 2.63. The Morgan fingerprint density at radius 1 is 1.70 bits per heavy atom. The van der Waals surface area contributed by atoms with E-state index in [-0.39, 0.29) is 0 Å². The zero-order valence-corrected chi connectivity index (χ0v) is 7.25. The normalized spacial score (nSPS) is 10.1. The summed E-state index contributed by atoms with van der Waals surface area (Å²) < 4.78 is 4.17. The molecule has 0 atom stereocenters. The molecule has 2 nitrogen and oxygen atoms in total. The first kappa shape index (κ1) is 8.04. The summed E-state index contributed by atoms with van der Waals surface area (Å²) in [5.41, 5.74) is 6.50. The molecule has 0 fully saturated rings. The Morgan fingerprint density at radius 3 is 3.20 bits per heavy atom. The molecule has 10 heavy (non-hydrogen) atoms. The van der Waals surface area contributed by atoms with Crippen molar-refractivity contribution >= 4 is 23.3 Å². The quantitative estimate of drug-likeness (QED) is 0.700. The van der Waals surface area contributed by atoms with Crippen LogP contribution in [0.3, 0.4) is 0 Å². The standard InChI is InChI=1S/C6H10N2S2/c7-2-4-9-5-6-1-3-10-8-6/h1,3H,2,4-5,7H2. The molecule has 1 heterocycles. The summed E-state index contributed by atoms with van der Waals surface area (Å²) in [6.07, 6.45) is 0. The minimum atomic E-state index is 0.759. The Kier molecular flexibility index (Phi) is 3.79. The van der Waals surface area contributed by atoms with Crippen molar-refractivity contribution in [3.8, 4) is 0 Å². The second kappa shape index (κ2) is 4.71. The number of rotatable bonds is 4. The van der Waals surface area contributed by atoms with E-state index in [9.17, 15) is 0 Å². The van der Waals surface area contributed by atoms with Crippen molar-refractivity contribution in [2.75, 3.05) is 12.3 Å². The van der Waals surface area contributed by atoms with Crippen LogP contribution in [0.2, 0.25) is 0 Å². The van der Waals surface area contributed by atoms with Gasteiger partial charge in [-0.2, -0.15) is 16.1 Å². The minimum Gasteiger partial charge on any atom is -0.330 e. The molecule has 0 saturated heterocycles. The average molecular weight is 174 g/mol. The predicted octanol–water partition coefficient (Wildman–Crippen LogP) is 1.34. The summed E-state index contributed by atoms with van der Waals surface area (Å²) in [6.45, 7) is 0.759. The maximum Gasteiger partial charge on any atom is 0.0641 e. The molecule has 0 amide bonds. The number of nitrogens with two attached hydrogens (primary N) is 1. The minimum absolute atomic E-state index is 0.759. The van der Waals surface area contributed by atoms with Crippen LogP contribution in [0.25, 0.3) is 0 Å². The van der Waals surface area contributed by atoms with Crippen molar-refractivity contribution in [1.29, 1.82) is 0 Å². The summed E-state index contributed by atoms with van der Waals surface area (Å²) in [6, 6.07) is 2.05. The molecular formula is C6H10N2S2. The lowest BCUT2D eigenvalue weighted by atomic mass is 10.5. The number of hydrogen-bond donors (Lipinski definition) is 1. The van der Waals surface area contributed by atoms with E-state index in [4.69, 9.17) is 5.73 Å². The molecule has 1 rings (SSSR count). The van der Waals surface area contributed by atoms with Gasteiger partial charge in [0.05, 0.1) is 5.69 Å². The van der Waals surface area contributed by atoms with E-state index >= 15 is 0 Å². The van der Waals surface area contributed by atoms with Gasteiger partial charge in [-0.25, -0.2) is 0 Å². The van der Waals surface area contributed by atoms with Gasteiger partial charge in [-0.15, -0.1) is 0 Å². The van der Waals surface area contributed by atoms with Gasteiger partial charge in [0.1, 0.15) is 0 Å². The summed E-state index contributed by atoms with van der Waals surface area (Å²) in [5, 5.41) is 2.00. The Hall–Kier alpha value is -0.0600. The Morgan fingerprint density at radius 2 is 2.60 bits per heavy atom. The van der Waals surface area contributed by atoms with Crippen LogP contribution in [-0.4, -0.2) is 16.7 Å². The first-order valence-corrected chi connectivity index (χ1v) is 5.09. The maximum absolute atomic E-state index is 5.33. The lowest BCUT2D eigenvalue weighted by Crippen LogP contribution is -2.01. The first-order chi connectivity index (χ1) is 4.93. The third-order valence-electron chi connectivity index (χ3n) is 1.00. The maximum atomic E-state index is 5.33. The van der Waals surface area contributed by atoms with Crippen LogP contribution < -0.4 is 5.73 Å². The van der Waals surface area contributed by atoms with E-state index in [1.54, 1.807) is 0 Å². The molecule has 1 aromatic heterocycles. The highest BCUT2D eigenvalue weighted by Crippen LogP contribution is 2.10. The van der Waals surface area contributed by atoms with Crippen LogP contribution in [0.5, 0.6) is 0 Å². The highest BCUT2D eigenvalue weighted by molar-refractivity contribution is 7.98. The first-order valence-electron chi connectivity index (χ1n) is 3.10. The molecule has 1 aromatic rings. The van der Waals surface area contributed by atoms with Crippen molar-refractivity contribution in [2.45, 2.75) is 5.75 Å². The van der Waals surface area contributed by atoms with Crippen molar-refractivity contribution in [2.24, 2.45) is 5.73 Å². The second-order valence-corrected chi connectivity index (χ2v) is 3.60. The molecule has 0 aliphatic carbocycles. The number of nitrogens with zero attached hydrogens (tertiary/aromatic N) is 1. The van der Waals surface area contributed by atoms with E-state index < -0.39 is 0 Å². The highest BCUT2D eigenvalue weighted by atomic mass is 32.2. The van der Waals surface area contributed by atoms with Gasteiger partial charge in [0.25, 0.3) is 0 Å². The van der Waals surface area contributed by atoms with Gasteiger partial charge in [0.15, 0.2) is 0 Å². The molecule has 0 saturated carbocycles. The SMILES string of the molecule is NCCSCc1ccsn1. The van der Waals surface area contributed by atoms with Gasteiger partial charge in [0.2, 0.25) is 0 Å². The molecule has 0 aliphatic rings. The van der Waals surface area contributed by atoms with Crippen LogP contribution in [0, 0.1) is 0 Å². The molecule has 2 N–H and O–H groups in total. The van der Waals surface area contributed by atoms with Gasteiger partial charge in [0, 0.05) is 23.4 Å². The molecule has 0 unspecified atom stereocenters. The van der Waals surface area contributed by atoms with Crippen LogP contribution in [0.15, 0.2) is 11.4 Å². The summed E-state index contributed by atoms with van der Waals surface area (Å²) in [7, 11) is 0. The van der Waals surface area contributed by atoms with E-state index in [1.165, 1.54) is 17.2 Å². The van der Waals surface area contributed by atoms with E-state index in [2.05, 4.69) is 4.37 Å². The predicted molar refractivity (Wildman–Crippen MR) is 47.3 cm³/mol. The van der Waals surface area contributed by atoms with Gasteiger partial charge in [-0.05, 0) is 17.6 Å². The molecular weight excluding hydrogens is 164 g/mol. The molecule has 4 heteroatoms. The summed E-state index contributed by atoms with van der Waals surface area (Å²) >= 11 is 3.33. The molecule has 0 spiro atoms. The largest absolute Gasteiger partial charge is 0.330 e. The highest BCUT2D eigenvalue weighted by Gasteiger charge is 1.92. The topological polar surface area (TPSA) is 38.9 Å². The number of thioether (sulfide) groups is 1. The van der Waals surface area contributed by atoms with Crippen LogP contribution >= 0.6 is 23.3 Å². The van der Waals surface area contributed by atoms with Crippen molar-refractivity contribution < 1.29 is 0 Å². The van der Waals surface area contributed by atoms with Crippen molar-refractivity contribution in [3.05, 3.63) is 17.1 Å². The number of aromatic nitrogens is 1. The van der Waals surface area contributed by atoms with Crippen molar-refractivity contribution in [1.82, 2.24) is 4.37 Å². The smallest absolute Gasteiger partial charge is 0.0641 e. The van der Waals surface area contributed by atoms with Gasteiger partial charge in [-0.1, -0.05) is 0 Å². The summed E-state index contributed by atoms with van der Waals surface area (Å²) in [5.74, 6) is 2.03. The van der Waals surface area contributed by atoms with Gasteiger partial charge < -0.3 is 5.73 Å². The Bertz CT molecular complexity index is 162.